The lowest BCUT2D eigenvalue weighted by Gasteiger charge is -2.26. The molecule has 0 aromatic rings. The van der Waals surface area contributed by atoms with Gasteiger partial charge in [-0.2, -0.15) is 4.21 Å². The van der Waals surface area contributed by atoms with E-state index in [1.54, 1.807) is 6.92 Å². The molecule has 5 nitrogen and oxygen atoms in total. The van der Waals surface area contributed by atoms with E-state index < -0.39 is 23.0 Å². The molecule has 13 heavy (non-hydrogen) atoms. The van der Waals surface area contributed by atoms with Gasteiger partial charge in [-0.3, -0.25) is 9.35 Å². The molecule has 0 saturated carbocycles. The Bertz CT molecular complexity index is 231. The van der Waals surface area contributed by atoms with Crippen molar-refractivity contribution in [3.8, 4) is 0 Å². The molecule has 2 N–H and O–H groups in total. The molecule has 1 amide bonds. The minimum absolute atomic E-state index is 0.374. The van der Waals surface area contributed by atoms with E-state index in [0.29, 0.717) is 6.42 Å². The molecule has 2 unspecified atom stereocenters. The van der Waals surface area contributed by atoms with Crippen LogP contribution < -0.4 is 5.32 Å². The molecular weight excluding hydrogens is 194 g/mol. The molecule has 0 saturated heterocycles. The number of nitrogens with one attached hydrogen (secondary N) is 1. The van der Waals surface area contributed by atoms with Crippen molar-refractivity contribution in [2.75, 3.05) is 0 Å². The van der Waals surface area contributed by atoms with Crippen LogP contribution in [0, 0.1) is 0 Å². The first-order valence-corrected chi connectivity index (χ1v) is 4.71. The first kappa shape index (κ1) is 12.3. The summed E-state index contributed by atoms with van der Waals surface area (Å²) in [5, 5.41) is 2.39. The van der Waals surface area contributed by atoms with Gasteiger partial charge in [0.15, 0.2) is 5.72 Å². The van der Waals surface area contributed by atoms with Gasteiger partial charge in [0.25, 0.3) is 0 Å². The van der Waals surface area contributed by atoms with E-state index >= 15 is 0 Å². The van der Waals surface area contributed by atoms with Crippen LogP contribution in [0.15, 0.2) is 12.7 Å². The monoisotopic (exact) mass is 207 g/mol. The molecule has 0 radical (unpaired) electrons. The first-order chi connectivity index (χ1) is 5.93. The number of hydrogen-bond acceptors (Lipinski definition) is 3. The fourth-order valence-electron chi connectivity index (χ4n) is 0.637. The highest BCUT2D eigenvalue weighted by molar-refractivity contribution is 7.74. The van der Waals surface area contributed by atoms with Crippen LogP contribution in [0.1, 0.15) is 20.3 Å². The number of carbonyl (C=O) groups is 1. The van der Waals surface area contributed by atoms with Gasteiger partial charge in [-0.25, -0.2) is 4.18 Å². The summed E-state index contributed by atoms with van der Waals surface area (Å²) in [5.74, 6) is -0.449. The van der Waals surface area contributed by atoms with E-state index in [0.717, 1.165) is 6.08 Å². The molecule has 6 heteroatoms. The Balaban J connectivity index is 4.35. The zero-order chi connectivity index (χ0) is 10.5. The van der Waals surface area contributed by atoms with Crippen molar-refractivity contribution in [1.82, 2.24) is 5.32 Å². The Labute approximate surface area is 79.7 Å². The molecular formula is C7H13NO4S. The van der Waals surface area contributed by atoms with Gasteiger partial charge in [-0.1, -0.05) is 13.5 Å². The van der Waals surface area contributed by atoms with Crippen LogP contribution in [-0.4, -0.2) is 20.4 Å². The van der Waals surface area contributed by atoms with Crippen LogP contribution in [0.5, 0.6) is 0 Å². The average Bonchev–Trinajstić information content (AvgIpc) is 2.02. The third kappa shape index (κ3) is 4.76. The molecule has 76 valence electrons. The second-order valence-electron chi connectivity index (χ2n) is 2.58. The van der Waals surface area contributed by atoms with Gasteiger partial charge in [0, 0.05) is 0 Å². The molecule has 0 bridgehead atoms. The number of hydrogen-bond donors (Lipinski definition) is 2. The van der Waals surface area contributed by atoms with Crippen LogP contribution in [-0.2, 0) is 20.3 Å². The van der Waals surface area contributed by atoms with E-state index in [2.05, 4.69) is 16.1 Å². The van der Waals surface area contributed by atoms with Crippen molar-refractivity contribution < 1.29 is 17.7 Å². The summed E-state index contributed by atoms with van der Waals surface area (Å²) in [7, 11) is 0. The topological polar surface area (TPSA) is 75.6 Å². The maximum absolute atomic E-state index is 10.9. The summed E-state index contributed by atoms with van der Waals surface area (Å²) >= 11 is -2.40. The molecule has 0 aromatic heterocycles. The second-order valence-corrected chi connectivity index (χ2v) is 3.18. The third-order valence-electron chi connectivity index (χ3n) is 1.50. The fraction of sp³-hybridized carbons (Fsp3) is 0.571. The Hall–Kier alpha value is -0.720. The SMILES string of the molecule is C=CC(=O)NC(C)(CC)OS(=O)O. The normalized spacial score (nSPS) is 17.2. The zero-order valence-electron chi connectivity index (χ0n) is 7.57. The van der Waals surface area contributed by atoms with Crippen molar-refractivity contribution in [3.05, 3.63) is 12.7 Å². The lowest BCUT2D eigenvalue weighted by molar-refractivity contribution is -0.121. The highest BCUT2D eigenvalue weighted by Crippen LogP contribution is 2.12. The van der Waals surface area contributed by atoms with E-state index in [9.17, 15) is 9.00 Å². The fourth-order valence-corrected chi connectivity index (χ4v) is 1.11. The number of carbonyl (C=O) groups excluding carboxylic acids is 1. The van der Waals surface area contributed by atoms with E-state index in [-0.39, 0.29) is 0 Å². The van der Waals surface area contributed by atoms with Crippen molar-refractivity contribution in [2.45, 2.75) is 26.0 Å². The van der Waals surface area contributed by atoms with Gasteiger partial charge in [0.05, 0.1) is 0 Å². The lowest BCUT2D eigenvalue weighted by Crippen LogP contribution is -2.47. The smallest absolute Gasteiger partial charge is 0.304 e. The van der Waals surface area contributed by atoms with Crippen molar-refractivity contribution in [2.24, 2.45) is 0 Å². The lowest BCUT2D eigenvalue weighted by atomic mass is 10.2. The molecule has 0 aromatic carbocycles. The number of amides is 1. The van der Waals surface area contributed by atoms with Gasteiger partial charge in [0.2, 0.25) is 5.91 Å². The van der Waals surface area contributed by atoms with E-state index in [1.165, 1.54) is 6.92 Å². The summed E-state index contributed by atoms with van der Waals surface area (Å²) < 4.78 is 23.4. The molecule has 0 aliphatic heterocycles. The van der Waals surface area contributed by atoms with Crippen LogP contribution >= 0.6 is 0 Å². The summed E-state index contributed by atoms with van der Waals surface area (Å²) in [6.45, 7) is 6.47. The molecule has 0 fully saturated rings. The number of rotatable bonds is 5. The van der Waals surface area contributed by atoms with E-state index in [4.69, 9.17) is 4.55 Å². The average molecular weight is 207 g/mol. The summed E-state index contributed by atoms with van der Waals surface area (Å²) in [5.41, 5.74) is -1.13. The predicted octanol–water partition coefficient (Wildman–Crippen LogP) is 0.568. The first-order valence-electron chi connectivity index (χ1n) is 3.68. The van der Waals surface area contributed by atoms with Crippen LogP contribution in [0.2, 0.25) is 0 Å². The van der Waals surface area contributed by atoms with Gasteiger partial charge < -0.3 is 5.32 Å². The second kappa shape index (κ2) is 5.11. The minimum atomic E-state index is -2.40. The molecule has 0 aliphatic rings. The quantitative estimate of drug-likeness (QED) is 0.392. The highest BCUT2D eigenvalue weighted by Gasteiger charge is 2.26. The van der Waals surface area contributed by atoms with Crippen LogP contribution in [0.4, 0.5) is 0 Å². The van der Waals surface area contributed by atoms with Crippen molar-refractivity contribution in [1.29, 1.82) is 0 Å². The standard InChI is InChI=1S/C7H13NO4S/c1-4-6(9)8-7(3,5-2)12-13(10)11/h4H,1,5H2,2-3H3,(H,8,9)(H,10,11). The maximum Gasteiger partial charge on any atom is 0.304 e. The van der Waals surface area contributed by atoms with Gasteiger partial charge in [0.1, 0.15) is 0 Å². The largest absolute Gasteiger partial charge is 0.324 e. The zero-order valence-corrected chi connectivity index (χ0v) is 8.39. The molecule has 0 aliphatic carbocycles. The van der Waals surface area contributed by atoms with Crippen molar-refractivity contribution in [3.63, 3.8) is 0 Å². The predicted molar refractivity (Wildman–Crippen MR) is 48.9 cm³/mol. The maximum atomic E-state index is 10.9. The van der Waals surface area contributed by atoms with Crippen LogP contribution in [0.25, 0.3) is 0 Å². The molecule has 0 rings (SSSR count). The van der Waals surface area contributed by atoms with Crippen LogP contribution in [0.3, 0.4) is 0 Å². The Morgan fingerprint density at radius 1 is 1.85 bits per heavy atom. The van der Waals surface area contributed by atoms with Gasteiger partial charge >= 0.3 is 11.4 Å². The highest BCUT2D eigenvalue weighted by atomic mass is 32.2. The Morgan fingerprint density at radius 3 is 2.69 bits per heavy atom. The third-order valence-corrected chi connectivity index (χ3v) is 2.01. The molecule has 2 atom stereocenters. The Morgan fingerprint density at radius 2 is 2.38 bits per heavy atom. The molecule has 0 spiro atoms. The summed E-state index contributed by atoms with van der Waals surface area (Å²) in [6.07, 6.45) is 1.44. The Kier molecular flexibility index (Phi) is 4.82. The van der Waals surface area contributed by atoms with Gasteiger partial charge in [-0.15, -0.1) is 0 Å². The molecule has 0 heterocycles. The summed E-state index contributed by atoms with van der Waals surface area (Å²) in [6, 6.07) is 0. The summed E-state index contributed by atoms with van der Waals surface area (Å²) in [4.78, 5) is 10.9. The van der Waals surface area contributed by atoms with Gasteiger partial charge in [-0.05, 0) is 19.4 Å². The minimum Gasteiger partial charge on any atom is -0.324 e. The van der Waals surface area contributed by atoms with E-state index in [1.807, 2.05) is 0 Å². The van der Waals surface area contributed by atoms with Crippen molar-refractivity contribution >= 4 is 17.3 Å².